The summed E-state index contributed by atoms with van der Waals surface area (Å²) in [7, 11) is 0. The molecule has 0 fully saturated rings. The predicted molar refractivity (Wildman–Crippen MR) is 46.6 cm³/mol. The molecular formula is C8H8N4O+. The summed E-state index contributed by atoms with van der Waals surface area (Å²) in [4.78, 5) is 0. The van der Waals surface area contributed by atoms with Gasteiger partial charge in [-0.2, -0.15) is 0 Å². The Hall–Kier alpha value is -1.75. The highest BCUT2D eigenvalue weighted by Crippen LogP contribution is 2.05. The normalized spacial score (nSPS) is 14.1. The van der Waals surface area contributed by atoms with Gasteiger partial charge in [0.25, 0.3) is 0 Å². The van der Waals surface area contributed by atoms with Crippen LogP contribution in [-0.2, 0) is 6.61 Å². The number of nitrogens with one attached hydrogen (secondary N) is 1. The van der Waals surface area contributed by atoms with Crippen LogP contribution >= 0.6 is 0 Å². The largest absolute Gasteiger partial charge is 0.392 e. The summed E-state index contributed by atoms with van der Waals surface area (Å²) in [6.45, 7) is 0.0505. The third-order valence-electron chi connectivity index (χ3n) is 1.76. The SMILES string of the molecule is OCc1ccc(C2=NN=[N+]N2)cc1. The minimum atomic E-state index is 0.0505. The summed E-state index contributed by atoms with van der Waals surface area (Å²) >= 11 is 0. The lowest BCUT2D eigenvalue weighted by atomic mass is 10.1. The quantitative estimate of drug-likeness (QED) is 0.673. The van der Waals surface area contributed by atoms with E-state index in [1.807, 2.05) is 24.3 Å². The van der Waals surface area contributed by atoms with Gasteiger partial charge in [0, 0.05) is 5.56 Å². The second-order valence-corrected chi connectivity index (χ2v) is 2.60. The molecule has 2 rings (SSSR count). The van der Waals surface area contributed by atoms with Crippen molar-refractivity contribution < 1.29 is 5.11 Å². The maximum Gasteiger partial charge on any atom is 0.316 e. The average Bonchev–Trinajstić information content (AvgIpc) is 2.71. The number of benzene rings is 1. The van der Waals surface area contributed by atoms with E-state index in [-0.39, 0.29) is 6.61 Å². The molecule has 65 valence electrons. The predicted octanol–water partition coefficient (Wildman–Crippen LogP) is 0.147. The molecule has 0 amide bonds. The molecule has 0 atom stereocenters. The van der Waals surface area contributed by atoms with Crippen LogP contribution in [0.25, 0.3) is 0 Å². The van der Waals surface area contributed by atoms with Crippen LogP contribution in [0.4, 0.5) is 0 Å². The lowest BCUT2D eigenvalue weighted by Crippen LogP contribution is -2.20. The fourth-order valence-corrected chi connectivity index (χ4v) is 1.05. The number of nitrogens with zero attached hydrogens (tertiary/aromatic N) is 3. The molecule has 1 aromatic rings. The van der Waals surface area contributed by atoms with Crippen molar-refractivity contribution in [3.63, 3.8) is 0 Å². The topological polar surface area (TPSA) is 71.1 Å². The first-order valence-electron chi connectivity index (χ1n) is 3.84. The van der Waals surface area contributed by atoms with Gasteiger partial charge in [0.15, 0.2) is 5.22 Å². The van der Waals surface area contributed by atoms with E-state index in [9.17, 15) is 0 Å². The Kier molecular flexibility index (Phi) is 2.01. The van der Waals surface area contributed by atoms with Gasteiger partial charge in [-0.05, 0) is 17.7 Å². The minimum Gasteiger partial charge on any atom is -0.392 e. The van der Waals surface area contributed by atoms with Crippen molar-refractivity contribution in [2.24, 2.45) is 10.3 Å². The van der Waals surface area contributed by atoms with Crippen molar-refractivity contribution in [3.05, 3.63) is 35.4 Å². The van der Waals surface area contributed by atoms with Crippen LogP contribution in [0.3, 0.4) is 0 Å². The van der Waals surface area contributed by atoms with E-state index in [4.69, 9.17) is 5.11 Å². The fourth-order valence-electron chi connectivity index (χ4n) is 1.05. The first-order valence-corrected chi connectivity index (χ1v) is 3.84. The molecule has 5 heteroatoms. The Morgan fingerprint density at radius 2 is 2.08 bits per heavy atom. The molecule has 0 spiro atoms. The van der Waals surface area contributed by atoms with Gasteiger partial charge >= 0.3 is 5.84 Å². The molecule has 1 aliphatic heterocycles. The van der Waals surface area contributed by atoms with E-state index in [2.05, 4.69) is 21.0 Å². The van der Waals surface area contributed by atoms with Gasteiger partial charge in [-0.25, -0.2) is 0 Å². The molecule has 0 aromatic heterocycles. The van der Waals surface area contributed by atoms with Crippen molar-refractivity contribution in [1.82, 2.24) is 10.6 Å². The van der Waals surface area contributed by atoms with Crippen LogP contribution in [0, 0.1) is 0 Å². The molecule has 1 heterocycles. The zero-order valence-electron chi connectivity index (χ0n) is 6.81. The number of hydrogen-bond acceptors (Lipinski definition) is 5. The molecule has 0 bridgehead atoms. The highest BCUT2D eigenvalue weighted by molar-refractivity contribution is 5.98. The Labute approximate surface area is 74.8 Å². The van der Waals surface area contributed by atoms with Crippen LogP contribution in [0.2, 0.25) is 0 Å². The molecule has 0 saturated carbocycles. The highest BCUT2D eigenvalue weighted by atomic mass is 16.3. The van der Waals surface area contributed by atoms with Crippen LogP contribution in [0.15, 0.2) is 34.6 Å². The standard InChI is InChI=1S/C8H8N4O/c13-5-6-1-3-7(4-2-6)8-9-11-12-10-8/h1-4,13H,5H2,(H,9,10,11)/q+1. The molecule has 2 N–H and O–H groups in total. The lowest BCUT2D eigenvalue weighted by Gasteiger charge is -1.96. The number of rotatable bonds is 2. The average molecular weight is 176 g/mol. The molecule has 1 aliphatic rings. The summed E-state index contributed by atoms with van der Waals surface area (Å²) in [6.07, 6.45) is 0. The van der Waals surface area contributed by atoms with E-state index in [1.54, 1.807) is 0 Å². The van der Waals surface area contributed by atoms with E-state index in [1.165, 1.54) is 0 Å². The molecule has 1 aromatic carbocycles. The number of hydrogen-bond donors (Lipinski definition) is 2. The minimum absolute atomic E-state index is 0.0505. The van der Waals surface area contributed by atoms with Gasteiger partial charge < -0.3 is 5.11 Å². The molecule has 13 heavy (non-hydrogen) atoms. The number of aliphatic hydroxyl groups excluding tert-OH is 1. The summed E-state index contributed by atoms with van der Waals surface area (Å²) < 4.78 is 0. The van der Waals surface area contributed by atoms with E-state index in [0.29, 0.717) is 5.84 Å². The van der Waals surface area contributed by atoms with Gasteiger partial charge in [0.1, 0.15) is 5.10 Å². The Morgan fingerprint density at radius 1 is 1.31 bits per heavy atom. The second kappa shape index (κ2) is 3.32. The van der Waals surface area contributed by atoms with Gasteiger partial charge in [-0.3, -0.25) is 0 Å². The van der Waals surface area contributed by atoms with Crippen molar-refractivity contribution in [3.8, 4) is 0 Å². The second-order valence-electron chi connectivity index (χ2n) is 2.60. The highest BCUT2D eigenvalue weighted by Gasteiger charge is 2.16. The zero-order chi connectivity index (χ0) is 9.10. The smallest absolute Gasteiger partial charge is 0.316 e. The molecule has 0 aliphatic carbocycles. The monoisotopic (exact) mass is 176 g/mol. The third kappa shape index (κ3) is 1.54. The van der Waals surface area contributed by atoms with Gasteiger partial charge in [-0.1, -0.05) is 12.1 Å². The Balaban J connectivity index is 2.23. The van der Waals surface area contributed by atoms with Crippen LogP contribution in [-0.4, -0.2) is 10.9 Å². The van der Waals surface area contributed by atoms with Crippen molar-refractivity contribution >= 4 is 5.84 Å². The van der Waals surface area contributed by atoms with Gasteiger partial charge in [0.05, 0.1) is 6.61 Å². The first-order chi connectivity index (χ1) is 6.40. The van der Waals surface area contributed by atoms with Crippen LogP contribution < -0.4 is 10.6 Å². The van der Waals surface area contributed by atoms with E-state index in [0.717, 1.165) is 11.1 Å². The molecule has 0 unspecified atom stereocenters. The summed E-state index contributed by atoms with van der Waals surface area (Å²) in [6, 6.07) is 7.37. The van der Waals surface area contributed by atoms with Crippen molar-refractivity contribution in [2.45, 2.75) is 6.61 Å². The first kappa shape index (κ1) is 7.88. The van der Waals surface area contributed by atoms with Gasteiger partial charge in [0.2, 0.25) is 5.22 Å². The Bertz CT molecular complexity index is 355. The summed E-state index contributed by atoms with van der Waals surface area (Å²) in [5.74, 6) is 0.629. The molecular weight excluding hydrogens is 168 g/mol. The van der Waals surface area contributed by atoms with Crippen LogP contribution in [0.1, 0.15) is 11.1 Å². The van der Waals surface area contributed by atoms with E-state index >= 15 is 0 Å². The molecule has 0 saturated heterocycles. The summed E-state index contributed by atoms with van der Waals surface area (Å²) in [5.41, 5.74) is 4.43. The maximum absolute atomic E-state index is 8.81. The molecule has 5 nitrogen and oxygen atoms in total. The fraction of sp³-hybridized carbons (Fsp3) is 0.125. The number of aliphatic hydroxyl groups is 1. The van der Waals surface area contributed by atoms with Crippen molar-refractivity contribution in [1.29, 1.82) is 0 Å². The Morgan fingerprint density at radius 3 is 2.62 bits per heavy atom. The zero-order valence-corrected chi connectivity index (χ0v) is 6.81. The van der Waals surface area contributed by atoms with Crippen molar-refractivity contribution in [2.75, 3.05) is 0 Å². The maximum atomic E-state index is 8.81. The summed E-state index contributed by atoms with van der Waals surface area (Å²) in [5, 5.41) is 19.5. The third-order valence-corrected chi connectivity index (χ3v) is 1.76. The van der Waals surface area contributed by atoms with Crippen LogP contribution in [0.5, 0.6) is 0 Å². The molecule has 1 radical (unpaired) electrons. The van der Waals surface area contributed by atoms with Gasteiger partial charge in [-0.15, -0.1) is 5.43 Å². The lowest BCUT2D eigenvalue weighted by molar-refractivity contribution is 0.282. The van der Waals surface area contributed by atoms with E-state index < -0.39 is 0 Å². The number of amidine groups is 1.